The number of pyridine rings is 1. The van der Waals surface area contributed by atoms with Crippen molar-refractivity contribution in [1.29, 1.82) is 0 Å². The zero-order valence-electron chi connectivity index (χ0n) is 11.7. The van der Waals surface area contributed by atoms with E-state index < -0.39 is 0 Å². The number of aromatic amines is 1. The maximum Gasteiger partial charge on any atom is 0.195 e. The molecule has 0 saturated heterocycles. The number of H-pyrrole nitrogens is 1. The highest BCUT2D eigenvalue weighted by molar-refractivity contribution is 7.71. The van der Waals surface area contributed by atoms with Gasteiger partial charge in [0.1, 0.15) is 0 Å². The first-order valence-corrected chi connectivity index (χ1v) is 6.91. The van der Waals surface area contributed by atoms with Crippen molar-refractivity contribution in [1.82, 2.24) is 19.7 Å². The first-order chi connectivity index (χ1) is 9.48. The van der Waals surface area contributed by atoms with E-state index in [0.29, 0.717) is 4.77 Å². The first-order valence-electron chi connectivity index (χ1n) is 6.50. The van der Waals surface area contributed by atoms with Gasteiger partial charge in [-0.15, -0.1) is 0 Å². The van der Waals surface area contributed by atoms with Crippen LogP contribution in [0.2, 0.25) is 0 Å². The number of aromatic nitrogens is 4. The molecule has 0 aliphatic rings. The zero-order valence-corrected chi connectivity index (χ0v) is 12.5. The molecule has 0 saturated carbocycles. The molecule has 5 heteroatoms. The molecule has 4 nitrogen and oxygen atoms in total. The topological polar surface area (TPSA) is 46.5 Å². The molecule has 0 fully saturated rings. The van der Waals surface area contributed by atoms with Gasteiger partial charge in [-0.2, -0.15) is 5.10 Å². The van der Waals surface area contributed by atoms with Crippen LogP contribution in [0.3, 0.4) is 0 Å². The minimum absolute atomic E-state index is 0.135. The quantitative estimate of drug-likeness (QED) is 0.689. The molecule has 3 aromatic rings. The highest BCUT2D eigenvalue weighted by atomic mass is 32.1. The Balaban J connectivity index is 2.36. The van der Waals surface area contributed by atoms with E-state index >= 15 is 0 Å². The van der Waals surface area contributed by atoms with Crippen LogP contribution in [0, 0.1) is 4.77 Å². The molecule has 102 valence electrons. The van der Waals surface area contributed by atoms with Gasteiger partial charge < -0.3 is 0 Å². The lowest BCUT2D eigenvalue weighted by Crippen LogP contribution is -2.23. The Morgan fingerprint density at radius 1 is 1.15 bits per heavy atom. The van der Waals surface area contributed by atoms with E-state index in [1.165, 1.54) is 0 Å². The maximum atomic E-state index is 5.37. The van der Waals surface area contributed by atoms with E-state index in [4.69, 9.17) is 12.2 Å². The monoisotopic (exact) mass is 284 g/mol. The van der Waals surface area contributed by atoms with E-state index in [0.717, 1.165) is 22.3 Å². The molecule has 2 aromatic heterocycles. The van der Waals surface area contributed by atoms with Gasteiger partial charge in [-0.1, -0.05) is 18.2 Å². The average molecular weight is 284 g/mol. The van der Waals surface area contributed by atoms with E-state index in [1.54, 1.807) is 6.20 Å². The second kappa shape index (κ2) is 4.52. The summed E-state index contributed by atoms with van der Waals surface area (Å²) < 4.78 is 2.68. The van der Waals surface area contributed by atoms with Gasteiger partial charge in [0, 0.05) is 22.7 Å². The Bertz CT molecular complexity index is 818. The maximum absolute atomic E-state index is 5.37. The van der Waals surface area contributed by atoms with E-state index in [-0.39, 0.29) is 5.54 Å². The third-order valence-corrected chi connectivity index (χ3v) is 3.50. The minimum atomic E-state index is -0.135. The molecular weight excluding hydrogens is 268 g/mol. The highest BCUT2D eigenvalue weighted by Crippen LogP contribution is 2.29. The molecule has 1 N–H and O–H groups in total. The number of benzene rings is 1. The Morgan fingerprint density at radius 3 is 2.70 bits per heavy atom. The van der Waals surface area contributed by atoms with Gasteiger partial charge in [0.05, 0.1) is 5.52 Å². The number of fused-ring (bicyclic) bond motifs is 1. The molecule has 0 radical (unpaired) electrons. The molecule has 1 aromatic carbocycles. The van der Waals surface area contributed by atoms with E-state index in [9.17, 15) is 0 Å². The van der Waals surface area contributed by atoms with Crippen LogP contribution in [0.4, 0.5) is 0 Å². The number of nitrogens with zero attached hydrogens (tertiary/aromatic N) is 3. The van der Waals surface area contributed by atoms with Gasteiger partial charge in [-0.3, -0.25) is 14.6 Å². The Kier molecular flexibility index (Phi) is 2.94. The SMILES string of the molecule is CC(C)(C)n1c(-c2cccc3ncccc23)n[nH]c1=S. The van der Waals surface area contributed by atoms with Crippen LogP contribution in [0.5, 0.6) is 0 Å². The predicted molar refractivity (Wildman–Crippen MR) is 83.1 cm³/mol. The molecular formula is C15H16N4S. The third kappa shape index (κ3) is 2.04. The molecule has 0 aliphatic heterocycles. The second-order valence-corrected chi connectivity index (χ2v) is 6.12. The van der Waals surface area contributed by atoms with Crippen molar-refractivity contribution in [2.75, 3.05) is 0 Å². The smallest absolute Gasteiger partial charge is 0.195 e. The minimum Gasteiger partial charge on any atom is -0.295 e. The predicted octanol–water partition coefficient (Wildman–Crippen LogP) is 3.91. The molecule has 0 amide bonds. The van der Waals surface area contributed by atoms with Crippen LogP contribution in [0.25, 0.3) is 22.3 Å². The third-order valence-electron chi connectivity index (χ3n) is 3.23. The Morgan fingerprint density at radius 2 is 1.95 bits per heavy atom. The summed E-state index contributed by atoms with van der Waals surface area (Å²) in [6, 6.07) is 10.0. The largest absolute Gasteiger partial charge is 0.295 e. The molecule has 0 bridgehead atoms. The van der Waals surface area contributed by atoms with Crippen LogP contribution in [-0.4, -0.2) is 19.7 Å². The fraction of sp³-hybridized carbons (Fsp3) is 0.267. The molecule has 0 spiro atoms. The van der Waals surface area contributed by atoms with Crippen LogP contribution < -0.4 is 0 Å². The van der Waals surface area contributed by atoms with Gasteiger partial charge in [0.2, 0.25) is 0 Å². The summed E-state index contributed by atoms with van der Waals surface area (Å²) in [7, 11) is 0. The van der Waals surface area contributed by atoms with Crippen molar-refractivity contribution in [3.05, 3.63) is 41.3 Å². The lowest BCUT2D eigenvalue weighted by Gasteiger charge is -2.22. The second-order valence-electron chi connectivity index (χ2n) is 5.73. The molecule has 0 aliphatic carbocycles. The van der Waals surface area contributed by atoms with Crippen LogP contribution in [0.1, 0.15) is 20.8 Å². The van der Waals surface area contributed by atoms with Crippen molar-refractivity contribution in [2.24, 2.45) is 0 Å². The normalized spacial score (nSPS) is 11.9. The van der Waals surface area contributed by atoms with Crippen LogP contribution in [0.15, 0.2) is 36.5 Å². The van der Waals surface area contributed by atoms with Crippen molar-refractivity contribution >= 4 is 23.1 Å². The number of hydrogen-bond acceptors (Lipinski definition) is 3. The van der Waals surface area contributed by atoms with Gasteiger partial charge in [-0.05, 0) is 45.1 Å². The summed E-state index contributed by atoms with van der Waals surface area (Å²) in [5, 5.41) is 8.40. The summed E-state index contributed by atoms with van der Waals surface area (Å²) in [6.45, 7) is 6.35. The lowest BCUT2D eigenvalue weighted by atomic mass is 10.0. The fourth-order valence-corrected chi connectivity index (χ4v) is 2.80. The molecule has 3 rings (SSSR count). The summed E-state index contributed by atoms with van der Waals surface area (Å²) in [5.74, 6) is 0.848. The van der Waals surface area contributed by atoms with Gasteiger partial charge in [-0.25, -0.2) is 0 Å². The standard InChI is InChI=1S/C15H16N4S/c1-15(2,3)19-13(17-18-14(19)20)11-6-4-8-12-10(11)7-5-9-16-12/h4-9H,1-3H3,(H,18,20). The Hall–Kier alpha value is -2.01. The Labute approximate surface area is 122 Å². The van der Waals surface area contributed by atoms with E-state index in [1.807, 2.05) is 22.8 Å². The van der Waals surface area contributed by atoms with E-state index in [2.05, 4.69) is 48.1 Å². The van der Waals surface area contributed by atoms with Crippen molar-refractivity contribution < 1.29 is 0 Å². The summed E-state index contributed by atoms with van der Waals surface area (Å²) in [5.41, 5.74) is 1.86. The van der Waals surface area contributed by atoms with Crippen molar-refractivity contribution in [3.8, 4) is 11.4 Å². The van der Waals surface area contributed by atoms with Gasteiger partial charge in [0.15, 0.2) is 10.6 Å². The fourth-order valence-electron chi connectivity index (χ4n) is 2.40. The van der Waals surface area contributed by atoms with Crippen LogP contribution in [-0.2, 0) is 5.54 Å². The number of hydrogen-bond donors (Lipinski definition) is 1. The molecule has 0 unspecified atom stereocenters. The van der Waals surface area contributed by atoms with Crippen molar-refractivity contribution in [3.63, 3.8) is 0 Å². The summed E-state index contributed by atoms with van der Waals surface area (Å²) in [4.78, 5) is 4.39. The summed E-state index contributed by atoms with van der Waals surface area (Å²) in [6.07, 6.45) is 1.80. The highest BCUT2D eigenvalue weighted by Gasteiger charge is 2.21. The zero-order chi connectivity index (χ0) is 14.3. The molecule has 2 heterocycles. The molecule has 0 atom stereocenters. The lowest BCUT2D eigenvalue weighted by molar-refractivity contribution is 0.395. The molecule has 20 heavy (non-hydrogen) atoms. The first kappa shape index (κ1) is 13.0. The number of rotatable bonds is 1. The van der Waals surface area contributed by atoms with Gasteiger partial charge >= 0.3 is 0 Å². The summed E-state index contributed by atoms with van der Waals surface area (Å²) >= 11 is 5.37. The number of nitrogens with one attached hydrogen (secondary N) is 1. The van der Waals surface area contributed by atoms with Crippen LogP contribution >= 0.6 is 12.2 Å². The van der Waals surface area contributed by atoms with Crippen molar-refractivity contribution in [2.45, 2.75) is 26.3 Å². The van der Waals surface area contributed by atoms with Gasteiger partial charge in [0.25, 0.3) is 0 Å². The average Bonchev–Trinajstić information content (AvgIpc) is 2.80.